The highest BCUT2D eigenvalue weighted by Gasteiger charge is 2.48. The van der Waals surface area contributed by atoms with E-state index in [2.05, 4.69) is 14.3 Å². The van der Waals surface area contributed by atoms with Gasteiger partial charge in [-0.15, -0.1) is 0 Å². The van der Waals surface area contributed by atoms with Crippen LogP contribution >= 0.6 is 7.44 Å². The fourth-order valence-corrected chi connectivity index (χ4v) is 6.49. The largest absolute Gasteiger partial charge is 0.432 e. The van der Waals surface area contributed by atoms with Crippen LogP contribution in [0.25, 0.3) is 0 Å². The van der Waals surface area contributed by atoms with Gasteiger partial charge in [0.2, 0.25) is 19.1 Å². The summed E-state index contributed by atoms with van der Waals surface area (Å²) >= 11 is 0. The number of benzene rings is 1. The molecule has 1 atom stereocenters. The maximum absolute atomic E-state index is 13.4. The maximum Gasteiger partial charge on any atom is 0.311 e. The summed E-state index contributed by atoms with van der Waals surface area (Å²) in [5.74, 6) is 0.569. The normalized spacial score (nSPS) is 20.9. The van der Waals surface area contributed by atoms with Crippen molar-refractivity contribution in [3.63, 3.8) is 0 Å². The Hall–Kier alpha value is -2.02. The zero-order chi connectivity index (χ0) is 19.0. The molecule has 1 aromatic carbocycles. The van der Waals surface area contributed by atoms with E-state index in [1.165, 1.54) is 6.07 Å². The van der Waals surface area contributed by atoms with Crippen LogP contribution in [0.5, 0.6) is 5.75 Å². The third-order valence-electron chi connectivity index (χ3n) is 5.03. The highest BCUT2D eigenvalue weighted by molar-refractivity contribution is 7.59. The van der Waals surface area contributed by atoms with E-state index >= 15 is 0 Å². The van der Waals surface area contributed by atoms with Crippen molar-refractivity contribution >= 4 is 19.0 Å². The van der Waals surface area contributed by atoms with Crippen LogP contribution in [0.1, 0.15) is 24.8 Å². The number of rotatable bonds is 7. The minimum atomic E-state index is -2.49. The summed E-state index contributed by atoms with van der Waals surface area (Å²) in [6, 6.07) is 4.90. The van der Waals surface area contributed by atoms with E-state index in [0.717, 1.165) is 38.2 Å². The number of ether oxygens (including phenoxy) is 1. The minimum absolute atomic E-state index is 0.00373. The van der Waals surface area contributed by atoms with Crippen LogP contribution in [0, 0.1) is 10.1 Å². The van der Waals surface area contributed by atoms with Crippen molar-refractivity contribution in [2.45, 2.75) is 19.3 Å². The number of aliphatic imine (C=N–C) groups is 1. The van der Waals surface area contributed by atoms with Crippen LogP contribution in [-0.4, -0.2) is 59.0 Å². The van der Waals surface area contributed by atoms with Crippen molar-refractivity contribution in [1.82, 2.24) is 9.34 Å². The zero-order valence-corrected chi connectivity index (χ0v) is 16.2. The second kappa shape index (κ2) is 7.19. The van der Waals surface area contributed by atoms with E-state index in [1.54, 1.807) is 18.2 Å². The van der Waals surface area contributed by atoms with Gasteiger partial charge in [0.05, 0.1) is 4.92 Å². The predicted octanol–water partition coefficient (Wildman–Crippen LogP) is 3.26. The van der Waals surface area contributed by atoms with Crippen LogP contribution < -0.4 is 4.74 Å². The van der Waals surface area contributed by atoms with Gasteiger partial charge >= 0.3 is 5.69 Å². The minimum Gasteiger partial charge on any atom is -0.432 e. The van der Waals surface area contributed by atoms with Crippen LogP contribution in [0.3, 0.4) is 0 Å². The summed E-state index contributed by atoms with van der Waals surface area (Å²) < 4.78 is 23.2. The molecule has 0 saturated carbocycles. The first-order valence-electron chi connectivity index (χ1n) is 9.24. The highest BCUT2D eigenvalue weighted by atomic mass is 31.2. The number of nitro benzene ring substituents is 1. The Balaban J connectivity index is 1.57. The smallest absolute Gasteiger partial charge is 0.311 e. The van der Waals surface area contributed by atoms with Gasteiger partial charge in [-0.25, -0.2) is 9.34 Å². The topological polar surface area (TPSA) is 87.8 Å². The third kappa shape index (κ3) is 3.98. The first-order chi connectivity index (χ1) is 13.0. The average molecular weight is 390 g/mol. The lowest BCUT2D eigenvalue weighted by Crippen LogP contribution is -2.13. The lowest BCUT2D eigenvalue weighted by atomic mass is 10.0. The van der Waals surface area contributed by atoms with E-state index in [1.807, 2.05) is 13.0 Å². The summed E-state index contributed by atoms with van der Waals surface area (Å²) in [5.41, 5.74) is 0.799. The molecule has 9 heteroatoms. The van der Waals surface area contributed by atoms with Gasteiger partial charge in [-0.2, -0.15) is 0 Å². The quantitative estimate of drug-likeness (QED) is 0.307. The number of nitro groups is 1. The second-order valence-electron chi connectivity index (χ2n) is 7.15. The van der Waals surface area contributed by atoms with Crippen molar-refractivity contribution in [3.8, 4) is 5.75 Å². The summed E-state index contributed by atoms with van der Waals surface area (Å²) in [5, 5.41) is 11.4. The van der Waals surface area contributed by atoms with Crippen molar-refractivity contribution in [2.75, 3.05) is 38.9 Å². The maximum atomic E-state index is 13.4. The molecule has 1 unspecified atom stereocenters. The summed E-state index contributed by atoms with van der Waals surface area (Å²) in [6.07, 6.45) is 5.06. The molecular weight excluding hydrogens is 367 g/mol. The van der Waals surface area contributed by atoms with Gasteiger partial charge in [0.15, 0.2) is 0 Å². The van der Waals surface area contributed by atoms with E-state index in [4.69, 9.17) is 4.74 Å². The molecule has 0 amide bonds. The van der Waals surface area contributed by atoms with Gasteiger partial charge in [-0.1, -0.05) is 19.1 Å². The fourth-order valence-electron chi connectivity index (χ4n) is 3.32. The first kappa shape index (κ1) is 18.3. The molecule has 3 aliphatic rings. The molecule has 4 rings (SSSR count). The molecule has 0 bridgehead atoms. The molecule has 8 nitrogen and oxygen atoms in total. The SMILES string of the molecule is CC(CP(=O)(N1CC1)N1CC1)c1ccc([N+](=O)[O-])c(OC2=NCCC=C2)c1. The average Bonchev–Trinajstić information content (AvgIpc) is 3.54. The predicted molar refractivity (Wildman–Crippen MR) is 104 cm³/mol. The van der Waals surface area contributed by atoms with Gasteiger partial charge in [0.25, 0.3) is 0 Å². The van der Waals surface area contributed by atoms with E-state index in [9.17, 15) is 14.7 Å². The zero-order valence-electron chi connectivity index (χ0n) is 15.3. The molecule has 27 heavy (non-hydrogen) atoms. The summed E-state index contributed by atoms with van der Waals surface area (Å²) in [7, 11) is -2.49. The standard InChI is InChI=1S/C18H23N4O4P/c1-14(13-27(25,20-8-9-20)21-10-11-21)15-5-6-16(22(23)24)17(12-15)26-18-4-2-3-7-19-18/h2,4-6,12,14H,3,7-11,13H2,1H3. The summed E-state index contributed by atoms with van der Waals surface area (Å²) in [4.78, 5) is 15.2. The van der Waals surface area contributed by atoms with Crippen molar-refractivity contribution in [2.24, 2.45) is 4.99 Å². The van der Waals surface area contributed by atoms with Gasteiger partial charge in [0.1, 0.15) is 0 Å². The number of hydrogen-bond donors (Lipinski definition) is 0. The van der Waals surface area contributed by atoms with Crippen molar-refractivity contribution in [3.05, 3.63) is 46.0 Å². The Morgan fingerprint density at radius 1 is 1.30 bits per heavy atom. The molecule has 1 aromatic rings. The molecule has 3 heterocycles. The van der Waals surface area contributed by atoms with Gasteiger partial charge < -0.3 is 4.74 Å². The van der Waals surface area contributed by atoms with Gasteiger partial charge in [-0.3, -0.25) is 19.7 Å². The summed E-state index contributed by atoms with van der Waals surface area (Å²) in [6.45, 7) is 6.19. The molecule has 2 saturated heterocycles. The van der Waals surface area contributed by atoms with Crippen LogP contribution in [-0.2, 0) is 4.57 Å². The molecular formula is C18H23N4O4P. The Bertz CT molecular complexity index is 845. The highest BCUT2D eigenvalue weighted by Crippen LogP contribution is 2.61. The van der Waals surface area contributed by atoms with Crippen LogP contribution in [0.15, 0.2) is 35.3 Å². The monoisotopic (exact) mass is 390 g/mol. The fraction of sp³-hybridized carbons (Fsp3) is 0.500. The molecule has 0 radical (unpaired) electrons. The molecule has 0 N–H and O–H groups in total. The molecule has 0 aliphatic carbocycles. The Labute approximate surface area is 158 Å². The Kier molecular flexibility index (Phi) is 4.88. The van der Waals surface area contributed by atoms with Gasteiger partial charge in [-0.05, 0) is 30.0 Å². The molecule has 2 fully saturated rings. The van der Waals surface area contributed by atoms with E-state index in [0.29, 0.717) is 18.6 Å². The van der Waals surface area contributed by atoms with Gasteiger partial charge in [0, 0.05) is 45.0 Å². The lowest BCUT2D eigenvalue weighted by molar-refractivity contribution is -0.385. The first-order valence-corrected chi connectivity index (χ1v) is 11.0. The molecule has 0 aromatic heterocycles. The third-order valence-corrected chi connectivity index (χ3v) is 8.62. The second-order valence-corrected chi connectivity index (χ2v) is 9.98. The Morgan fingerprint density at radius 3 is 2.56 bits per heavy atom. The van der Waals surface area contributed by atoms with Crippen LogP contribution in [0.4, 0.5) is 5.69 Å². The van der Waals surface area contributed by atoms with Crippen molar-refractivity contribution in [1.29, 1.82) is 0 Å². The molecule has 3 aliphatic heterocycles. The van der Waals surface area contributed by atoms with Crippen LogP contribution in [0.2, 0.25) is 0 Å². The number of dihydropyridines is 1. The van der Waals surface area contributed by atoms with E-state index in [-0.39, 0.29) is 17.4 Å². The number of nitrogens with zero attached hydrogens (tertiary/aromatic N) is 4. The molecule has 144 valence electrons. The molecule has 0 spiro atoms. The number of hydrogen-bond acceptors (Lipinski definition) is 5. The Morgan fingerprint density at radius 2 is 2.00 bits per heavy atom. The van der Waals surface area contributed by atoms with Crippen molar-refractivity contribution < 1.29 is 14.2 Å². The van der Waals surface area contributed by atoms with E-state index < -0.39 is 12.4 Å². The lowest BCUT2D eigenvalue weighted by Gasteiger charge is -2.24.